The lowest BCUT2D eigenvalue weighted by Crippen LogP contribution is -2.33. The van der Waals surface area contributed by atoms with Gasteiger partial charge in [-0.3, -0.25) is 15.6 Å². The van der Waals surface area contributed by atoms with Gasteiger partial charge in [0, 0.05) is 19.3 Å². The van der Waals surface area contributed by atoms with Gasteiger partial charge in [0.05, 0.1) is 5.69 Å². The monoisotopic (exact) mass is 282 g/mol. The molecular weight excluding hydrogens is 264 g/mol. The van der Waals surface area contributed by atoms with Crippen LogP contribution in [-0.4, -0.2) is 28.9 Å². The number of benzene rings is 1. The van der Waals surface area contributed by atoms with Gasteiger partial charge in [0.25, 0.3) is 5.91 Å². The van der Waals surface area contributed by atoms with Crippen molar-refractivity contribution in [2.45, 2.75) is 12.8 Å². The molecule has 5 heteroatoms. The first-order valence-electron chi connectivity index (χ1n) is 7.06. The van der Waals surface area contributed by atoms with Crippen LogP contribution >= 0.6 is 0 Å². The zero-order chi connectivity index (χ0) is 14.7. The normalized spacial score (nSPS) is 14.2. The highest BCUT2D eigenvalue weighted by molar-refractivity contribution is 5.93. The van der Waals surface area contributed by atoms with Crippen LogP contribution in [0.2, 0.25) is 0 Å². The Labute approximate surface area is 123 Å². The lowest BCUT2D eigenvalue weighted by molar-refractivity contribution is 0.0757. The molecule has 0 aliphatic carbocycles. The van der Waals surface area contributed by atoms with E-state index in [9.17, 15) is 4.79 Å². The van der Waals surface area contributed by atoms with E-state index in [1.165, 1.54) is 11.1 Å². The number of carbonyl (C=O) groups excluding carboxylic acids is 1. The van der Waals surface area contributed by atoms with Crippen LogP contribution in [-0.2, 0) is 12.8 Å². The lowest BCUT2D eigenvalue weighted by Gasteiger charge is -2.20. The Hall–Kier alpha value is -2.40. The fraction of sp³-hybridized carbons (Fsp3) is 0.250. The second-order valence-corrected chi connectivity index (χ2v) is 5.14. The van der Waals surface area contributed by atoms with Crippen LogP contribution in [0.25, 0.3) is 0 Å². The molecule has 21 heavy (non-hydrogen) atoms. The Balaban J connectivity index is 1.77. The minimum Gasteiger partial charge on any atom is -0.337 e. The van der Waals surface area contributed by atoms with Crippen molar-refractivity contribution in [3.8, 4) is 0 Å². The Morgan fingerprint density at radius 1 is 1.14 bits per heavy atom. The summed E-state index contributed by atoms with van der Waals surface area (Å²) in [4.78, 5) is 18.6. The van der Waals surface area contributed by atoms with Crippen LogP contribution in [0.5, 0.6) is 0 Å². The number of nitrogen functional groups attached to an aromatic ring is 1. The zero-order valence-electron chi connectivity index (χ0n) is 11.7. The van der Waals surface area contributed by atoms with Crippen LogP contribution in [0, 0.1) is 0 Å². The van der Waals surface area contributed by atoms with E-state index >= 15 is 0 Å². The molecule has 1 aliphatic heterocycles. The average Bonchev–Trinajstić information content (AvgIpc) is 2.77. The second-order valence-electron chi connectivity index (χ2n) is 5.14. The van der Waals surface area contributed by atoms with Crippen molar-refractivity contribution in [3.05, 3.63) is 59.4 Å². The first-order chi connectivity index (χ1) is 10.3. The third-order valence-corrected chi connectivity index (χ3v) is 3.85. The Kier molecular flexibility index (Phi) is 3.83. The molecule has 3 N–H and O–H groups in total. The third kappa shape index (κ3) is 2.87. The van der Waals surface area contributed by atoms with Crippen LogP contribution in [0.15, 0.2) is 42.6 Å². The van der Waals surface area contributed by atoms with Crippen molar-refractivity contribution in [1.82, 2.24) is 9.88 Å². The summed E-state index contributed by atoms with van der Waals surface area (Å²) in [6.45, 7) is 1.44. The van der Waals surface area contributed by atoms with Gasteiger partial charge in [0.2, 0.25) is 0 Å². The molecule has 0 radical (unpaired) electrons. The molecule has 3 rings (SSSR count). The van der Waals surface area contributed by atoms with Gasteiger partial charge in [-0.1, -0.05) is 24.3 Å². The number of nitrogens with one attached hydrogen (secondary N) is 1. The molecule has 0 atom stereocenters. The van der Waals surface area contributed by atoms with Gasteiger partial charge in [-0.25, -0.2) is 0 Å². The van der Waals surface area contributed by atoms with E-state index in [1.807, 2.05) is 17.0 Å². The summed E-state index contributed by atoms with van der Waals surface area (Å²) in [5.41, 5.74) is 6.32. The van der Waals surface area contributed by atoms with Gasteiger partial charge in [0.1, 0.15) is 5.69 Å². The van der Waals surface area contributed by atoms with Gasteiger partial charge >= 0.3 is 0 Å². The van der Waals surface area contributed by atoms with E-state index in [0.717, 1.165) is 25.9 Å². The largest absolute Gasteiger partial charge is 0.337 e. The van der Waals surface area contributed by atoms with E-state index < -0.39 is 0 Å². The molecule has 0 spiro atoms. The summed E-state index contributed by atoms with van der Waals surface area (Å²) >= 11 is 0. The molecule has 0 bridgehead atoms. The fourth-order valence-corrected chi connectivity index (χ4v) is 2.67. The highest BCUT2D eigenvalue weighted by Crippen LogP contribution is 2.17. The summed E-state index contributed by atoms with van der Waals surface area (Å²) in [7, 11) is 0. The summed E-state index contributed by atoms with van der Waals surface area (Å²) in [5.74, 6) is 5.34. The van der Waals surface area contributed by atoms with Crippen molar-refractivity contribution < 1.29 is 4.79 Å². The Morgan fingerprint density at radius 2 is 1.81 bits per heavy atom. The fourth-order valence-electron chi connectivity index (χ4n) is 2.67. The van der Waals surface area contributed by atoms with Gasteiger partial charge in [0.15, 0.2) is 0 Å². The Bertz CT molecular complexity index is 629. The van der Waals surface area contributed by atoms with E-state index in [0.29, 0.717) is 11.4 Å². The molecule has 108 valence electrons. The summed E-state index contributed by atoms with van der Waals surface area (Å²) in [6.07, 6.45) is 3.36. The van der Waals surface area contributed by atoms with Crippen LogP contribution < -0.4 is 11.3 Å². The molecular formula is C16H18N4O. The number of hydrazine groups is 1. The maximum absolute atomic E-state index is 12.6. The molecule has 1 aliphatic rings. The smallest absolute Gasteiger partial charge is 0.272 e. The molecule has 0 unspecified atom stereocenters. The lowest BCUT2D eigenvalue weighted by atomic mass is 10.0. The van der Waals surface area contributed by atoms with Crippen LogP contribution in [0.4, 0.5) is 5.69 Å². The number of hydrogen-bond donors (Lipinski definition) is 2. The number of amides is 1. The highest BCUT2D eigenvalue weighted by Gasteiger charge is 2.20. The van der Waals surface area contributed by atoms with E-state index in [4.69, 9.17) is 5.84 Å². The number of hydrogen-bond acceptors (Lipinski definition) is 4. The predicted molar refractivity (Wildman–Crippen MR) is 81.8 cm³/mol. The SMILES string of the molecule is NNc1ccnc(C(=O)N2CCc3ccccc3CC2)c1. The first-order valence-corrected chi connectivity index (χ1v) is 7.06. The van der Waals surface area contributed by atoms with E-state index in [-0.39, 0.29) is 5.91 Å². The van der Waals surface area contributed by atoms with E-state index in [1.54, 1.807) is 18.3 Å². The maximum atomic E-state index is 12.6. The number of nitrogens with two attached hydrogens (primary N) is 1. The average molecular weight is 282 g/mol. The number of rotatable bonds is 2. The number of anilines is 1. The molecule has 0 saturated carbocycles. The van der Waals surface area contributed by atoms with E-state index in [2.05, 4.69) is 22.5 Å². The molecule has 2 heterocycles. The van der Waals surface area contributed by atoms with Crippen molar-refractivity contribution in [3.63, 3.8) is 0 Å². The molecule has 1 aromatic heterocycles. The van der Waals surface area contributed by atoms with Crippen molar-refractivity contribution in [2.75, 3.05) is 18.5 Å². The standard InChI is InChI=1S/C16H18N4O/c17-19-14-5-8-18-15(11-14)16(21)20-9-6-12-3-1-2-4-13(12)7-10-20/h1-5,8,11H,6-7,9-10,17H2,(H,18,19). The number of carbonyl (C=O) groups is 1. The molecule has 1 amide bonds. The summed E-state index contributed by atoms with van der Waals surface area (Å²) < 4.78 is 0. The van der Waals surface area contributed by atoms with Crippen LogP contribution in [0.1, 0.15) is 21.6 Å². The number of fused-ring (bicyclic) bond motifs is 1. The van der Waals surface area contributed by atoms with Crippen LogP contribution in [0.3, 0.4) is 0 Å². The second kappa shape index (κ2) is 5.93. The molecule has 5 nitrogen and oxygen atoms in total. The number of pyridine rings is 1. The van der Waals surface area contributed by atoms with Crippen molar-refractivity contribution in [1.29, 1.82) is 0 Å². The van der Waals surface area contributed by atoms with Gasteiger partial charge in [-0.15, -0.1) is 0 Å². The molecule has 2 aromatic rings. The topological polar surface area (TPSA) is 71.2 Å². The minimum absolute atomic E-state index is 0.0418. The highest BCUT2D eigenvalue weighted by atomic mass is 16.2. The maximum Gasteiger partial charge on any atom is 0.272 e. The number of nitrogens with zero attached hydrogens (tertiary/aromatic N) is 2. The zero-order valence-corrected chi connectivity index (χ0v) is 11.7. The predicted octanol–water partition coefficient (Wildman–Crippen LogP) is 1.61. The van der Waals surface area contributed by atoms with Crippen molar-refractivity contribution >= 4 is 11.6 Å². The third-order valence-electron chi connectivity index (χ3n) is 3.85. The summed E-state index contributed by atoms with van der Waals surface area (Å²) in [5, 5.41) is 0. The van der Waals surface area contributed by atoms with Crippen molar-refractivity contribution in [2.24, 2.45) is 5.84 Å². The van der Waals surface area contributed by atoms with Gasteiger partial charge in [-0.05, 0) is 36.1 Å². The Morgan fingerprint density at radius 3 is 2.43 bits per heavy atom. The molecule has 0 fully saturated rings. The number of aromatic nitrogens is 1. The molecule has 0 saturated heterocycles. The first kappa shape index (κ1) is 13.6. The van der Waals surface area contributed by atoms with Gasteiger partial charge < -0.3 is 10.3 Å². The molecule has 1 aromatic carbocycles. The summed E-state index contributed by atoms with van der Waals surface area (Å²) in [6, 6.07) is 11.8. The van der Waals surface area contributed by atoms with Gasteiger partial charge in [-0.2, -0.15) is 0 Å². The minimum atomic E-state index is -0.0418. The quantitative estimate of drug-likeness (QED) is 0.648.